The van der Waals surface area contributed by atoms with Gasteiger partial charge in [0.1, 0.15) is 10.8 Å². The van der Waals surface area contributed by atoms with Crippen molar-refractivity contribution in [2.45, 2.75) is 13.0 Å². The third kappa shape index (κ3) is 1.73. The molecule has 1 atom stereocenters. The highest BCUT2D eigenvalue weighted by molar-refractivity contribution is 6.29. The molecule has 0 aliphatic heterocycles. The molecule has 0 saturated carbocycles. The molecule has 3 aromatic rings. The summed E-state index contributed by atoms with van der Waals surface area (Å²) in [4.78, 5) is 4.18. The van der Waals surface area contributed by atoms with E-state index in [0.29, 0.717) is 22.3 Å². The summed E-state index contributed by atoms with van der Waals surface area (Å²) < 4.78 is 3.05. The lowest BCUT2D eigenvalue weighted by Crippen LogP contribution is -2.02. The molecule has 92 valence electrons. The minimum Gasteiger partial charge on any atom is -0.387 e. The molecule has 0 saturated heterocycles. The molecule has 1 N–H and O–H groups in total. The van der Waals surface area contributed by atoms with Crippen LogP contribution in [0.25, 0.3) is 11.5 Å². The topological polar surface area (TPSA) is 81.1 Å². The van der Waals surface area contributed by atoms with Crippen LogP contribution in [0.2, 0.25) is 5.15 Å². The van der Waals surface area contributed by atoms with Gasteiger partial charge in [-0.25, -0.2) is 9.67 Å². The van der Waals surface area contributed by atoms with Crippen LogP contribution in [0.4, 0.5) is 0 Å². The van der Waals surface area contributed by atoms with Gasteiger partial charge in [0.05, 0.1) is 18.5 Å². The van der Waals surface area contributed by atoms with Gasteiger partial charge in [-0.15, -0.1) is 5.10 Å². The maximum Gasteiger partial charge on any atom is 0.177 e. The lowest BCUT2D eigenvalue weighted by Gasteiger charge is -1.99. The zero-order valence-electron chi connectivity index (χ0n) is 9.40. The van der Waals surface area contributed by atoms with Gasteiger partial charge < -0.3 is 5.11 Å². The first kappa shape index (κ1) is 11.1. The van der Waals surface area contributed by atoms with Crippen molar-refractivity contribution in [2.24, 2.45) is 0 Å². The van der Waals surface area contributed by atoms with Crippen molar-refractivity contribution in [3.63, 3.8) is 0 Å². The van der Waals surface area contributed by atoms with E-state index in [1.807, 2.05) is 0 Å². The SMILES string of the molecule is CC(O)c1cn(-c2cnc3ccc(Cl)nn23)nn1. The summed E-state index contributed by atoms with van der Waals surface area (Å²) in [6.07, 6.45) is 2.56. The number of hydrogen-bond acceptors (Lipinski definition) is 5. The molecule has 1 unspecified atom stereocenters. The van der Waals surface area contributed by atoms with Gasteiger partial charge in [0.15, 0.2) is 11.5 Å². The Morgan fingerprint density at radius 3 is 2.94 bits per heavy atom. The van der Waals surface area contributed by atoms with Crippen LogP contribution in [-0.4, -0.2) is 34.7 Å². The van der Waals surface area contributed by atoms with Crippen molar-refractivity contribution >= 4 is 17.2 Å². The lowest BCUT2D eigenvalue weighted by atomic mass is 10.3. The fourth-order valence-corrected chi connectivity index (χ4v) is 1.71. The fourth-order valence-electron chi connectivity index (χ4n) is 1.58. The van der Waals surface area contributed by atoms with Crippen LogP contribution in [0.3, 0.4) is 0 Å². The van der Waals surface area contributed by atoms with Crippen LogP contribution in [-0.2, 0) is 0 Å². The quantitative estimate of drug-likeness (QED) is 0.747. The van der Waals surface area contributed by atoms with E-state index >= 15 is 0 Å². The lowest BCUT2D eigenvalue weighted by molar-refractivity contribution is 0.194. The van der Waals surface area contributed by atoms with Gasteiger partial charge in [0.25, 0.3) is 0 Å². The second-order valence-electron chi connectivity index (χ2n) is 3.81. The van der Waals surface area contributed by atoms with Gasteiger partial charge in [-0.3, -0.25) is 0 Å². The largest absolute Gasteiger partial charge is 0.387 e. The molecule has 0 spiro atoms. The Morgan fingerprint density at radius 1 is 1.39 bits per heavy atom. The molecule has 0 fully saturated rings. The molecule has 0 aliphatic carbocycles. The average molecular weight is 265 g/mol. The Morgan fingerprint density at radius 2 is 2.22 bits per heavy atom. The summed E-state index contributed by atoms with van der Waals surface area (Å²) in [5.41, 5.74) is 1.13. The molecule has 8 heteroatoms. The number of hydrogen-bond donors (Lipinski definition) is 1. The number of fused-ring (bicyclic) bond motifs is 1. The standard InChI is InChI=1S/C10H9ClN6O/c1-6(18)7-5-16(15-13-7)10-4-12-9-3-2-8(11)14-17(9)10/h2-6,18H,1H3. The maximum atomic E-state index is 9.42. The van der Waals surface area contributed by atoms with E-state index in [4.69, 9.17) is 11.6 Å². The molecule has 3 rings (SSSR count). The third-order valence-electron chi connectivity index (χ3n) is 2.49. The Kier molecular flexibility index (Phi) is 2.49. The molecule has 0 aliphatic rings. The van der Waals surface area contributed by atoms with Gasteiger partial charge in [0.2, 0.25) is 0 Å². The average Bonchev–Trinajstić information content (AvgIpc) is 2.93. The number of rotatable bonds is 2. The van der Waals surface area contributed by atoms with Crippen molar-refractivity contribution in [1.82, 2.24) is 29.6 Å². The summed E-state index contributed by atoms with van der Waals surface area (Å²) in [5.74, 6) is 0.604. The zero-order chi connectivity index (χ0) is 12.7. The van der Waals surface area contributed by atoms with Crippen LogP contribution in [0.15, 0.2) is 24.5 Å². The first-order valence-corrected chi connectivity index (χ1v) is 5.64. The van der Waals surface area contributed by atoms with Gasteiger partial charge >= 0.3 is 0 Å². The van der Waals surface area contributed by atoms with Crippen molar-refractivity contribution in [2.75, 3.05) is 0 Å². The van der Waals surface area contributed by atoms with Gasteiger partial charge in [-0.05, 0) is 19.1 Å². The molecule has 3 heterocycles. The maximum absolute atomic E-state index is 9.42. The Hall–Kier alpha value is -1.99. The molecule has 0 amide bonds. The predicted octanol–water partition coefficient (Wildman–Crippen LogP) is 1.02. The Labute approximate surface area is 107 Å². The third-order valence-corrected chi connectivity index (χ3v) is 2.69. The summed E-state index contributed by atoms with van der Waals surface area (Å²) in [6, 6.07) is 3.42. The van der Waals surface area contributed by atoms with Crippen LogP contribution in [0, 0.1) is 0 Å². The highest BCUT2D eigenvalue weighted by Crippen LogP contribution is 2.14. The second-order valence-corrected chi connectivity index (χ2v) is 4.19. The smallest absolute Gasteiger partial charge is 0.177 e. The molecule has 7 nitrogen and oxygen atoms in total. The van der Waals surface area contributed by atoms with Crippen LogP contribution in [0.5, 0.6) is 0 Å². The number of imidazole rings is 1. The van der Waals surface area contributed by atoms with Gasteiger partial charge in [0, 0.05) is 0 Å². The summed E-state index contributed by atoms with van der Waals surface area (Å²) in [6.45, 7) is 1.62. The van der Waals surface area contributed by atoms with Crippen molar-refractivity contribution in [1.29, 1.82) is 0 Å². The van der Waals surface area contributed by atoms with Crippen molar-refractivity contribution in [3.05, 3.63) is 35.4 Å². The van der Waals surface area contributed by atoms with Crippen LogP contribution >= 0.6 is 11.6 Å². The van der Waals surface area contributed by atoms with Crippen molar-refractivity contribution in [3.8, 4) is 5.82 Å². The molecule has 0 bridgehead atoms. The van der Waals surface area contributed by atoms with E-state index in [9.17, 15) is 5.11 Å². The second kappa shape index (κ2) is 4.04. The summed E-state index contributed by atoms with van der Waals surface area (Å²) >= 11 is 5.85. The molecule has 3 aromatic heterocycles. The van der Waals surface area contributed by atoms with E-state index in [2.05, 4.69) is 20.4 Å². The molecule has 0 aromatic carbocycles. The Balaban J connectivity index is 2.15. The van der Waals surface area contributed by atoms with Gasteiger partial charge in [-0.1, -0.05) is 16.8 Å². The number of aliphatic hydroxyl groups excluding tert-OH is 1. The van der Waals surface area contributed by atoms with E-state index in [1.54, 1.807) is 36.0 Å². The first-order valence-electron chi connectivity index (χ1n) is 5.26. The fraction of sp³-hybridized carbons (Fsp3) is 0.200. The van der Waals surface area contributed by atoms with Crippen molar-refractivity contribution < 1.29 is 5.11 Å². The highest BCUT2D eigenvalue weighted by Gasteiger charge is 2.11. The van der Waals surface area contributed by atoms with E-state index < -0.39 is 6.10 Å². The summed E-state index contributed by atoms with van der Waals surface area (Å²) in [5, 5.41) is 21.7. The minimum absolute atomic E-state index is 0.359. The monoisotopic (exact) mass is 264 g/mol. The van der Waals surface area contributed by atoms with Crippen LogP contribution < -0.4 is 0 Å². The molecular formula is C10H9ClN6O. The summed E-state index contributed by atoms with van der Waals surface area (Å²) in [7, 11) is 0. The number of aromatic nitrogens is 6. The first-order chi connectivity index (χ1) is 8.65. The number of nitrogens with zero attached hydrogens (tertiary/aromatic N) is 6. The number of halogens is 1. The molecule has 0 radical (unpaired) electrons. The van der Waals surface area contributed by atoms with Gasteiger partial charge in [-0.2, -0.15) is 9.61 Å². The highest BCUT2D eigenvalue weighted by atomic mass is 35.5. The zero-order valence-corrected chi connectivity index (χ0v) is 10.2. The normalized spacial score (nSPS) is 13.1. The van der Waals surface area contributed by atoms with Crippen LogP contribution in [0.1, 0.15) is 18.7 Å². The van der Waals surface area contributed by atoms with E-state index in [-0.39, 0.29) is 0 Å². The predicted molar refractivity (Wildman–Crippen MR) is 63.5 cm³/mol. The molecular weight excluding hydrogens is 256 g/mol. The van der Waals surface area contributed by atoms with E-state index in [0.717, 1.165) is 0 Å². The molecule has 18 heavy (non-hydrogen) atoms. The minimum atomic E-state index is -0.672. The van der Waals surface area contributed by atoms with E-state index in [1.165, 1.54) is 4.68 Å². The Bertz CT molecular complexity index is 703. The number of aliphatic hydroxyl groups is 1.